The average molecular weight is 271 g/mol. The van der Waals surface area contributed by atoms with Crippen LogP contribution < -0.4 is 10.6 Å². The van der Waals surface area contributed by atoms with Crippen molar-refractivity contribution in [1.29, 1.82) is 0 Å². The van der Waals surface area contributed by atoms with E-state index in [4.69, 9.17) is 11.6 Å². The predicted molar refractivity (Wildman–Crippen MR) is 70.3 cm³/mol. The van der Waals surface area contributed by atoms with E-state index in [1.54, 1.807) is 0 Å². The number of nitrogens with one attached hydrogen (secondary N) is 2. The summed E-state index contributed by atoms with van der Waals surface area (Å²) in [5.41, 5.74) is -0.0811. The summed E-state index contributed by atoms with van der Waals surface area (Å²) in [6.45, 7) is 3.57. The Bertz CT molecular complexity index is 458. The molecule has 0 atom stereocenters. The van der Waals surface area contributed by atoms with E-state index < -0.39 is 11.2 Å². The number of carbonyl (C=O) groups is 1. The number of hydrogen-bond acceptors (Lipinski definition) is 2. The van der Waals surface area contributed by atoms with E-state index in [0.717, 1.165) is 25.9 Å². The molecule has 1 saturated heterocycles. The van der Waals surface area contributed by atoms with E-state index in [2.05, 4.69) is 10.6 Å². The molecule has 1 aliphatic rings. The molecule has 0 spiro atoms. The highest BCUT2D eigenvalue weighted by molar-refractivity contribution is 6.33. The van der Waals surface area contributed by atoms with Crippen molar-refractivity contribution >= 4 is 23.2 Å². The van der Waals surface area contributed by atoms with Gasteiger partial charge >= 0.3 is 0 Å². The first-order valence-corrected chi connectivity index (χ1v) is 6.36. The van der Waals surface area contributed by atoms with Crippen molar-refractivity contribution in [3.8, 4) is 0 Å². The van der Waals surface area contributed by atoms with Crippen LogP contribution in [0.2, 0.25) is 5.02 Å². The summed E-state index contributed by atoms with van der Waals surface area (Å²) in [6, 6.07) is 3.95. The van der Waals surface area contributed by atoms with Gasteiger partial charge in [0.2, 0.25) is 5.91 Å². The third kappa shape index (κ3) is 2.82. The summed E-state index contributed by atoms with van der Waals surface area (Å²) >= 11 is 5.93. The number of amides is 1. The fourth-order valence-corrected chi connectivity index (χ4v) is 2.24. The molecule has 2 rings (SSSR count). The number of hydrogen-bond donors (Lipinski definition) is 2. The second-order valence-corrected chi connectivity index (χ2v) is 5.30. The molecule has 18 heavy (non-hydrogen) atoms. The zero-order valence-corrected chi connectivity index (χ0v) is 11.0. The molecule has 1 fully saturated rings. The molecule has 0 saturated carbocycles. The second-order valence-electron chi connectivity index (χ2n) is 4.89. The normalized spacial score (nSPS) is 18.4. The summed E-state index contributed by atoms with van der Waals surface area (Å²) < 4.78 is 13.1. The molecule has 3 nitrogen and oxygen atoms in total. The van der Waals surface area contributed by atoms with Crippen LogP contribution in [0, 0.1) is 11.2 Å². The molecular weight excluding hydrogens is 255 g/mol. The highest BCUT2D eigenvalue weighted by Gasteiger charge is 2.34. The summed E-state index contributed by atoms with van der Waals surface area (Å²) in [5.74, 6) is -0.512. The third-order valence-corrected chi connectivity index (χ3v) is 3.76. The maximum Gasteiger partial charge on any atom is 0.230 e. The maximum absolute atomic E-state index is 13.1. The molecule has 1 heterocycles. The molecule has 2 N–H and O–H groups in total. The lowest BCUT2D eigenvalue weighted by Gasteiger charge is -2.32. The fourth-order valence-electron chi connectivity index (χ4n) is 2.07. The van der Waals surface area contributed by atoms with Crippen LogP contribution >= 0.6 is 11.6 Å². The van der Waals surface area contributed by atoms with Gasteiger partial charge in [0, 0.05) is 5.41 Å². The molecule has 1 amide bonds. The Morgan fingerprint density at radius 3 is 2.78 bits per heavy atom. The molecule has 0 aromatic heterocycles. The Morgan fingerprint density at radius 1 is 1.44 bits per heavy atom. The Balaban J connectivity index is 2.13. The minimum absolute atomic E-state index is 0.100. The van der Waals surface area contributed by atoms with Crippen LogP contribution in [-0.2, 0) is 4.79 Å². The molecule has 1 aromatic rings. The highest BCUT2D eigenvalue weighted by atomic mass is 35.5. The molecule has 5 heteroatoms. The number of anilines is 1. The smallest absolute Gasteiger partial charge is 0.230 e. The van der Waals surface area contributed by atoms with E-state index >= 15 is 0 Å². The van der Waals surface area contributed by atoms with Gasteiger partial charge in [-0.2, -0.15) is 0 Å². The first-order valence-electron chi connectivity index (χ1n) is 5.98. The van der Waals surface area contributed by atoms with Crippen LogP contribution in [0.15, 0.2) is 18.2 Å². The van der Waals surface area contributed by atoms with Crippen molar-refractivity contribution in [2.75, 3.05) is 18.4 Å². The van der Waals surface area contributed by atoms with E-state index in [0.29, 0.717) is 10.7 Å². The van der Waals surface area contributed by atoms with Gasteiger partial charge < -0.3 is 10.6 Å². The predicted octanol–water partition coefficient (Wildman–Crippen LogP) is 2.81. The summed E-state index contributed by atoms with van der Waals surface area (Å²) in [6.07, 6.45) is 1.54. The molecule has 0 radical (unpaired) electrons. The number of rotatable bonds is 2. The SMILES string of the molecule is CC1(C(=O)Nc2cc(F)ccc2Cl)CCNCC1. The molecule has 0 unspecified atom stereocenters. The first kappa shape index (κ1) is 13.3. The highest BCUT2D eigenvalue weighted by Crippen LogP contribution is 2.31. The summed E-state index contributed by atoms with van der Waals surface area (Å²) in [4.78, 5) is 12.2. The number of benzene rings is 1. The lowest BCUT2D eigenvalue weighted by atomic mass is 9.80. The van der Waals surface area contributed by atoms with Crippen LogP contribution in [0.4, 0.5) is 10.1 Å². The zero-order valence-electron chi connectivity index (χ0n) is 10.2. The molecule has 1 aliphatic heterocycles. The second kappa shape index (κ2) is 5.24. The van der Waals surface area contributed by atoms with Crippen LogP contribution in [0.3, 0.4) is 0 Å². The Hall–Kier alpha value is -1.13. The van der Waals surface area contributed by atoms with Crippen molar-refractivity contribution in [3.63, 3.8) is 0 Å². The zero-order chi connectivity index (χ0) is 13.2. The lowest BCUT2D eigenvalue weighted by molar-refractivity contribution is -0.126. The van der Waals surface area contributed by atoms with Gasteiger partial charge in [-0.25, -0.2) is 4.39 Å². The van der Waals surface area contributed by atoms with Gasteiger partial charge in [0.25, 0.3) is 0 Å². The largest absolute Gasteiger partial charge is 0.324 e. The molecule has 0 bridgehead atoms. The molecular formula is C13H16ClFN2O. The minimum Gasteiger partial charge on any atom is -0.324 e. The van der Waals surface area contributed by atoms with E-state index in [1.807, 2.05) is 6.92 Å². The van der Waals surface area contributed by atoms with Crippen molar-refractivity contribution in [1.82, 2.24) is 5.32 Å². The van der Waals surface area contributed by atoms with Crippen molar-refractivity contribution in [2.45, 2.75) is 19.8 Å². The minimum atomic E-state index is -0.416. The molecule has 98 valence electrons. The van der Waals surface area contributed by atoms with E-state index in [9.17, 15) is 9.18 Å². The topological polar surface area (TPSA) is 41.1 Å². The third-order valence-electron chi connectivity index (χ3n) is 3.43. The van der Waals surface area contributed by atoms with Gasteiger partial charge in [-0.15, -0.1) is 0 Å². The average Bonchev–Trinajstić information content (AvgIpc) is 2.35. The quantitative estimate of drug-likeness (QED) is 0.868. The van der Waals surface area contributed by atoms with Crippen LogP contribution in [0.25, 0.3) is 0 Å². The van der Waals surface area contributed by atoms with Crippen molar-refractivity contribution in [3.05, 3.63) is 29.0 Å². The summed E-state index contributed by atoms with van der Waals surface area (Å²) in [7, 11) is 0. The monoisotopic (exact) mass is 270 g/mol. The maximum atomic E-state index is 13.1. The Morgan fingerprint density at radius 2 is 2.11 bits per heavy atom. The Labute approximate surface area is 111 Å². The number of piperidine rings is 1. The first-order chi connectivity index (χ1) is 8.51. The van der Waals surface area contributed by atoms with Gasteiger partial charge in [0.1, 0.15) is 5.82 Å². The molecule has 1 aromatic carbocycles. The van der Waals surface area contributed by atoms with Crippen LogP contribution in [-0.4, -0.2) is 19.0 Å². The van der Waals surface area contributed by atoms with E-state index in [1.165, 1.54) is 18.2 Å². The van der Waals surface area contributed by atoms with Crippen molar-refractivity contribution in [2.24, 2.45) is 5.41 Å². The fraction of sp³-hybridized carbons (Fsp3) is 0.462. The number of carbonyl (C=O) groups excluding carboxylic acids is 1. The van der Waals surface area contributed by atoms with Gasteiger partial charge in [-0.1, -0.05) is 18.5 Å². The van der Waals surface area contributed by atoms with Gasteiger partial charge in [-0.05, 0) is 44.1 Å². The Kier molecular flexibility index (Phi) is 3.88. The standard InChI is InChI=1S/C13H16ClFN2O/c1-13(4-6-16-7-5-13)12(18)17-11-8-9(15)2-3-10(11)14/h2-3,8,16H,4-7H2,1H3,(H,17,18). The lowest BCUT2D eigenvalue weighted by Crippen LogP contribution is -2.42. The van der Waals surface area contributed by atoms with Gasteiger partial charge in [0.05, 0.1) is 10.7 Å². The van der Waals surface area contributed by atoms with Crippen LogP contribution in [0.1, 0.15) is 19.8 Å². The molecule has 0 aliphatic carbocycles. The summed E-state index contributed by atoms with van der Waals surface area (Å²) in [5, 5.41) is 6.29. The number of halogens is 2. The van der Waals surface area contributed by atoms with E-state index in [-0.39, 0.29) is 5.91 Å². The van der Waals surface area contributed by atoms with Gasteiger partial charge in [-0.3, -0.25) is 4.79 Å². The van der Waals surface area contributed by atoms with Gasteiger partial charge in [0.15, 0.2) is 0 Å². The van der Waals surface area contributed by atoms with Crippen LogP contribution in [0.5, 0.6) is 0 Å². The van der Waals surface area contributed by atoms with Crippen molar-refractivity contribution < 1.29 is 9.18 Å².